The number of hydrogen-bond donors (Lipinski definition) is 4. The van der Waals surface area contributed by atoms with Gasteiger partial charge in [-0.1, -0.05) is 68.5 Å². The molecule has 0 saturated heterocycles. The SMILES string of the molecule is CC(C)(C)CN(CCNCCc1ccc(O)c2[nH]c(=O)sc12)CCC(=O)NC(C)(C)Cc1ccccc1. The molecule has 0 saturated carbocycles. The molecule has 0 unspecified atom stereocenters. The van der Waals surface area contributed by atoms with Crippen molar-refractivity contribution in [3.63, 3.8) is 0 Å². The zero-order valence-corrected chi connectivity index (χ0v) is 23.6. The lowest BCUT2D eigenvalue weighted by atomic mass is 9.94. The maximum atomic E-state index is 12.8. The number of rotatable bonds is 13. The van der Waals surface area contributed by atoms with Crippen LogP contribution in [0.2, 0.25) is 0 Å². The highest BCUT2D eigenvalue weighted by molar-refractivity contribution is 7.16. The van der Waals surface area contributed by atoms with Crippen molar-refractivity contribution in [2.45, 2.75) is 59.4 Å². The van der Waals surface area contributed by atoms with Gasteiger partial charge in [0, 0.05) is 38.1 Å². The van der Waals surface area contributed by atoms with Crippen molar-refractivity contribution in [3.8, 4) is 5.75 Å². The Bertz CT molecular complexity index is 1210. The van der Waals surface area contributed by atoms with E-state index in [0.29, 0.717) is 18.5 Å². The maximum absolute atomic E-state index is 12.8. The zero-order chi connectivity index (χ0) is 27.1. The number of phenols is 1. The van der Waals surface area contributed by atoms with Gasteiger partial charge < -0.3 is 25.6 Å². The summed E-state index contributed by atoms with van der Waals surface area (Å²) in [7, 11) is 0. The molecule has 7 nitrogen and oxygen atoms in total. The van der Waals surface area contributed by atoms with Crippen molar-refractivity contribution in [1.29, 1.82) is 0 Å². The van der Waals surface area contributed by atoms with Crippen molar-refractivity contribution in [3.05, 3.63) is 63.3 Å². The molecule has 2 aromatic carbocycles. The molecule has 1 aromatic heterocycles. The molecule has 3 rings (SSSR count). The fraction of sp³-hybridized carbons (Fsp3) is 0.517. The van der Waals surface area contributed by atoms with Crippen LogP contribution >= 0.6 is 11.3 Å². The molecule has 4 N–H and O–H groups in total. The Morgan fingerprint density at radius 1 is 1.03 bits per heavy atom. The second kappa shape index (κ2) is 12.7. The molecule has 0 atom stereocenters. The first kappa shape index (κ1) is 28.9. The number of fused-ring (bicyclic) bond motifs is 1. The fourth-order valence-corrected chi connectivity index (χ4v) is 5.54. The second-order valence-corrected chi connectivity index (χ2v) is 12.6. The van der Waals surface area contributed by atoms with Gasteiger partial charge in [0.2, 0.25) is 5.91 Å². The topological polar surface area (TPSA) is 97.5 Å². The van der Waals surface area contributed by atoms with Gasteiger partial charge in [-0.15, -0.1) is 0 Å². The molecule has 202 valence electrons. The van der Waals surface area contributed by atoms with Gasteiger partial charge in [-0.3, -0.25) is 9.59 Å². The van der Waals surface area contributed by atoms with E-state index in [1.54, 1.807) is 6.07 Å². The molecule has 0 aliphatic rings. The lowest BCUT2D eigenvalue weighted by Crippen LogP contribution is -2.46. The molecule has 37 heavy (non-hydrogen) atoms. The van der Waals surface area contributed by atoms with Crippen LogP contribution in [0, 0.1) is 5.41 Å². The Morgan fingerprint density at radius 3 is 2.46 bits per heavy atom. The fourth-order valence-electron chi connectivity index (χ4n) is 4.65. The standard InChI is InChI=1S/C29H42N4O3S/c1-28(2,3)20-33(17-14-24(35)32-29(4,5)19-21-9-7-6-8-10-21)18-16-30-15-13-22-11-12-23(34)25-26(22)37-27(36)31-25/h6-12,30,34H,13-20H2,1-5H3,(H,31,36)(H,32,35). The number of H-pyrrole nitrogens is 1. The summed E-state index contributed by atoms with van der Waals surface area (Å²) in [6, 6.07) is 13.8. The molecular weight excluding hydrogens is 484 g/mol. The predicted molar refractivity (Wildman–Crippen MR) is 154 cm³/mol. The average Bonchev–Trinajstić information content (AvgIpc) is 3.20. The molecule has 0 aliphatic carbocycles. The molecule has 0 fully saturated rings. The minimum absolute atomic E-state index is 0.0784. The van der Waals surface area contributed by atoms with E-state index in [1.807, 2.05) is 24.3 Å². The van der Waals surface area contributed by atoms with Crippen LogP contribution in [-0.4, -0.2) is 59.2 Å². The van der Waals surface area contributed by atoms with E-state index < -0.39 is 0 Å². The van der Waals surface area contributed by atoms with Crippen molar-refractivity contribution >= 4 is 27.5 Å². The summed E-state index contributed by atoms with van der Waals surface area (Å²) in [4.78, 5) is 29.4. The summed E-state index contributed by atoms with van der Waals surface area (Å²) in [5.41, 5.74) is 2.61. The first-order valence-electron chi connectivity index (χ1n) is 13.0. The molecular formula is C29H42N4O3S. The first-order valence-corrected chi connectivity index (χ1v) is 13.9. The van der Waals surface area contributed by atoms with Crippen LogP contribution < -0.4 is 15.5 Å². The average molecular weight is 527 g/mol. The largest absolute Gasteiger partial charge is 0.506 e. The minimum atomic E-state index is -0.304. The number of amides is 1. The molecule has 3 aromatic rings. The third-order valence-corrected chi connectivity index (χ3v) is 7.09. The Morgan fingerprint density at radius 2 is 1.76 bits per heavy atom. The molecule has 1 amide bonds. The Hall–Kier alpha value is -2.68. The van der Waals surface area contributed by atoms with E-state index in [9.17, 15) is 14.7 Å². The van der Waals surface area contributed by atoms with Crippen molar-refractivity contribution in [2.24, 2.45) is 5.41 Å². The van der Waals surface area contributed by atoms with E-state index in [2.05, 4.69) is 67.3 Å². The Labute approximate surface area is 224 Å². The highest BCUT2D eigenvalue weighted by Crippen LogP contribution is 2.27. The number of carbonyl (C=O) groups is 1. The quantitative estimate of drug-likeness (QED) is 0.249. The number of aromatic nitrogens is 1. The number of carbonyl (C=O) groups excluding carboxylic acids is 1. The van der Waals surface area contributed by atoms with Gasteiger partial charge in [-0.05, 0) is 55.8 Å². The molecule has 0 radical (unpaired) electrons. The van der Waals surface area contributed by atoms with Crippen LogP contribution in [0.5, 0.6) is 5.75 Å². The van der Waals surface area contributed by atoms with Crippen LogP contribution in [0.15, 0.2) is 47.3 Å². The number of nitrogens with zero attached hydrogens (tertiary/aromatic N) is 1. The van der Waals surface area contributed by atoms with Gasteiger partial charge in [-0.2, -0.15) is 0 Å². The van der Waals surface area contributed by atoms with Crippen LogP contribution in [-0.2, 0) is 17.6 Å². The predicted octanol–water partition coefficient (Wildman–Crippen LogP) is 4.30. The number of hydrogen-bond acceptors (Lipinski definition) is 6. The smallest absolute Gasteiger partial charge is 0.305 e. The molecule has 1 heterocycles. The number of thiazole rings is 1. The normalized spacial score (nSPS) is 12.4. The number of aromatic hydroxyl groups is 1. The highest BCUT2D eigenvalue weighted by Gasteiger charge is 2.22. The molecule has 0 bridgehead atoms. The third kappa shape index (κ3) is 9.61. The van der Waals surface area contributed by atoms with Crippen LogP contribution in [0.3, 0.4) is 0 Å². The van der Waals surface area contributed by atoms with E-state index in [0.717, 1.165) is 60.6 Å². The van der Waals surface area contributed by atoms with Crippen LogP contribution in [0.1, 0.15) is 52.2 Å². The summed E-state index contributed by atoms with van der Waals surface area (Å²) < 4.78 is 0.822. The summed E-state index contributed by atoms with van der Waals surface area (Å²) in [5, 5.41) is 16.7. The van der Waals surface area contributed by atoms with E-state index in [4.69, 9.17) is 0 Å². The monoisotopic (exact) mass is 526 g/mol. The summed E-state index contributed by atoms with van der Waals surface area (Å²) in [6.07, 6.45) is 2.02. The van der Waals surface area contributed by atoms with E-state index in [-0.39, 0.29) is 27.5 Å². The van der Waals surface area contributed by atoms with Crippen molar-refractivity contribution < 1.29 is 9.90 Å². The second-order valence-electron chi connectivity index (χ2n) is 11.6. The van der Waals surface area contributed by atoms with Crippen molar-refractivity contribution in [1.82, 2.24) is 20.5 Å². The number of phenolic OH excluding ortho intramolecular Hbond substituents is 1. The van der Waals surface area contributed by atoms with Crippen LogP contribution in [0.25, 0.3) is 10.2 Å². The molecule has 0 aliphatic heterocycles. The lowest BCUT2D eigenvalue weighted by Gasteiger charge is -2.31. The Balaban J connectivity index is 1.46. The van der Waals surface area contributed by atoms with E-state index >= 15 is 0 Å². The van der Waals surface area contributed by atoms with E-state index in [1.165, 1.54) is 5.56 Å². The Kier molecular flexibility index (Phi) is 9.93. The van der Waals surface area contributed by atoms with Crippen molar-refractivity contribution in [2.75, 3.05) is 32.7 Å². The van der Waals surface area contributed by atoms with Crippen LogP contribution in [0.4, 0.5) is 0 Å². The third-order valence-electron chi connectivity index (χ3n) is 6.13. The summed E-state index contributed by atoms with van der Waals surface area (Å²) in [5.74, 6) is 0.185. The number of nitrogens with one attached hydrogen (secondary N) is 3. The minimum Gasteiger partial charge on any atom is -0.506 e. The van der Waals surface area contributed by atoms with Gasteiger partial charge in [0.15, 0.2) is 0 Å². The van der Waals surface area contributed by atoms with Gasteiger partial charge in [0.1, 0.15) is 11.3 Å². The van der Waals surface area contributed by atoms with Gasteiger partial charge in [0.05, 0.1) is 4.70 Å². The van der Waals surface area contributed by atoms with Gasteiger partial charge in [0.25, 0.3) is 0 Å². The number of aromatic amines is 1. The number of benzene rings is 2. The molecule has 8 heteroatoms. The summed E-state index contributed by atoms with van der Waals surface area (Å²) >= 11 is 1.14. The highest BCUT2D eigenvalue weighted by atomic mass is 32.1. The van der Waals surface area contributed by atoms with Gasteiger partial charge in [-0.25, -0.2) is 0 Å². The first-order chi connectivity index (χ1) is 17.4. The maximum Gasteiger partial charge on any atom is 0.305 e. The lowest BCUT2D eigenvalue weighted by molar-refractivity contribution is -0.123. The molecule has 0 spiro atoms. The summed E-state index contributed by atoms with van der Waals surface area (Å²) in [6.45, 7) is 14.8. The van der Waals surface area contributed by atoms with Gasteiger partial charge >= 0.3 is 4.87 Å². The zero-order valence-electron chi connectivity index (χ0n) is 22.8.